The summed E-state index contributed by atoms with van der Waals surface area (Å²) in [5, 5.41) is 3.30. The lowest BCUT2D eigenvalue weighted by Crippen LogP contribution is -1.99. The Morgan fingerprint density at radius 3 is 2.35 bits per heavy atom. The molecule has 3 nitrogen and oxygen atoms in total. The van der Waals surface area contributed by atoms with Gasteiger partial charge in [0.1, 0.15) is 11.6 Å². The number of aromatic nitrogens is 2. The summed E-state index contributed by atoms with van der Waals surface area (Å²) in [5.41, 5.74) is 3.26. The molecule has 1 aromatic heterocycles. The van der Waals surface area contributed by atoms with Crippen LogP contribution in [0, 0.1) is 20.8 Å². The van der Waals surface area contributed by atoms with E-state index in [1.54, 1.807) is 0 Å². The maximum Gasteiger partial charge on any atom is 0.134 e. The largest absolute Gasteiger partial charge is 0.340 e. The zero-order chi connectivity index (χ0) is 11.5. The van der Waals surface area contributed by atoms with E-state index in [4.69, 9.17) is 0 Å². The fourth-order valence-electron chi connectivity index (χ4n) is 1.63. The van der Waals surface area contributed by atoms with E-state index < -0.39 is 0 Å². The Bertz CT molecular complexity index is 492. The van der Waals surface area contributed by atoms with E-state index in [2.05, 4.69) is 28.3 Å². The van der Waals surface area contributed by atoms with Crippen LogP contribution in [0.15, 0.2) is 30.3 Å². The highest BCUT2D eigenvalue weighted by molar-refractivity contribution is 5.85. The highest BCUT2D eigenvalue weighted by Crippen LogP contribution is 2.18. The van der Waals surface area contributed by atoms with Gasteiger partial charge in [0.25, 0.3) is 0 Å². The average Bonchev–Trinajstić information content (AvgIpc) is 2.20. The zero-order valence-electron chi connectivity index (χ0n) is 10.2. The molecule has 0 unspecified atom stereocenters. The Labute approximate surface area is 108 Å². The van der Waals surface area contributed by atoms with Crippen LogP contribution in [0.25, 0.3) is 0 Å². The van der Waals surface area contributed by atoms with Gasteiger partial charge in [0.15, 0.2) is 0 Å². The van der Waals surface area contributed by atoms with Crippen LogP contribution in [-0.2, 0) is 0 Å². The Morgan fingerprint density at radius 2 is 1.71 bits per heavy atom. The molecular formula is C13H16ClN3. The van der Waals surface area contributed by atoms with Crippen molar-refractivity contribution in [3.05, 3.63) is 47.4 Å². The molecule has 0 atom stereocenters. The van der Waals surface area contributed by atoms with E-state index in [1.807, 2.05) is 38.1 Å². The van der Waals surface area contributed by atoms with Crippen LogP contribution in [0.4, 0.5) is 11.5 Å². The molecule has 1 aromatic carbocycles. The van der Waals surface area contributed by atoms with Crippen molar-refractivity contribution in [3.8, 4) is 0 Å². The minimum atomic E-state index is 0. The van der Waals surface area contributed by atoms with Gasteiger partial charge in [0.2, 0.25) is 0 Å². The number of nitrogens with zero attached hydrogens (tertiary/aromatic N) is 2. The highest BCUT2D eigenvalue weighted by Gasteiger charge is 2.01. The lowest BCUT2D eigenvalue weighted by atomic mass is 10.2. The Kier molecular flexibility index (Phi) is 4.46. The van der Waals surface area contributed by atoms with Crippen molar-refractivity contribution in [1.82, 2.24) is 9.97 Å². The molecule has 1 N–H and O–H groups in total. The first kappa shape index (κ1) is 13.5. The van der Waals surface area contributed by atoms with E-state index in [0.29, 0.717) is 0 Å². The summed E-state index contributed by atoms with van der Waals surface area (Å²) in [6, 6.07) is 10.1. The first-order valence-corrected chi connectivity index (χ1v) is 5.30. The Morgan fingerprint density at radius 1 is 1.00 bits per heavy atom. The van der Waals surface area contributed by atoms with Crippen molar-refractivity contribution in [3.63, 3.8) is 0 Å². The summed E-state index contributed by atoms with van der Waals surface area (Å²) in [6.45, 7) is 5.94. The van der Waals surface area contributed by atoms with Crippen LogP contribution >= 0.6 is 12.4 Å². The number of rotatable bonds is 2. The van der Waals surface area contributed by atoms with Gasteiger partial charge >= 0.3 is 0 Å². The molecule has 0 aliphatic heterocycles. The molecule has 0 bridgehead atoms. The monoisotopic (exact) mass is 249 g/mol. The molecule has 0 aliphatic rings. The maximum atomic E-state index is 4.35. The number of hydrogen-bond acceptors (Lipinski definition) is 3. The quantitative estimate of drug-likeness (QED) is 0.884. The number of halogens is 1. The van der Waals surface area contributed by atoms with Crippen molar-refractivity contribution in [1.29, 1.82) is 0 Å². The second-order valence-electron chi connectivity index (χ2n) is 3.88. The van der Waals surface area contributed by atoms with Crippen molar-refractivity contribution >= 4 is 23.9 Å². The third-order valence-corrected chi connectivity index (χ3v) is 2.37. The van der Waals surface area contributed by atoms with E-state index in [9.17, 15) is 0 Å². The number of benzene rings is 1. The molecule has 0 saturated heterocycles. The molecule has 0 aliphatic carbocycles. The number of hydrogen-bond donors (Lipinski definition) is 1. The van der Waals surface area contributed by atoms with Crippen molar-refractivity contribution in [2.45, 2.75) is 20.8 Å². The second-order valence-corrected chi connectivity index (χ2v) is 3.88. The van der Waals surface area contributed by atoms with Crippen LogP contribution in [0.2, 0.25) is 0 Å². The highest BCUT2D eigenvalue weighted by atomic mass is 35.5. The number of nitrogens with one attached hydrogen (secondary N) is 1. The van der Waals surface area contributed by atoms with Crippen LogP contribution in [0.1, 0.15) is 17.1 Å². The van der Waals surface area contributed by atoms with Gasteiger partial charge < -0.3 is 5.32 Å². The molecule has 2 aromatic rings. The summed E-state index contributed by atoms with van der Waals surface area (Å²) in [5.74, 6) is 1.63. The van der Waals surface area contributed by atoms with E-state index in [-0.39, 0.29) is 12.4 Å². The molecule has 1 heterocycles. The van der Waals surface area contributed by atoms with Gasteiger partial charge in [-0.15, -0.1) is 12.4 Å². The molecular weight excluding hydrogens is 234 g/mol. The fraction of sp³-hybridized carbons (Fsp3) is 0.231. The Balaban J connectivity index is 0.00000144. The first-order chi connectivity index (χ1) is 7.65. The molecule has 0 saturated carbocycles. The van der Waals surface area contributed by atoms with Gasteiger partial charge in [-0.05, 0) is 32.4 Å². The van der Waals surface area contributed by atoms with Gasteiger partial charge in [-0.1, -0.05) is 18.2 Å². The van der Waals surface area contributed by atoms with Crippen LogP contribution in [0.3, 0.4) is 0 Å². The smallest absolute Gasteiger partial charge is 0.134 e. The maximum absolute atomic E-state index is 4.35. The van der Waals surface area contributed by atoms with Crippen LogP contribution in [-0.4, -0.2) is 9.97 Å². The molecule has 0 amide bonds. The molecule has 2 rings (SSSR count). The summed E-state index contributed by atoms with van der Waals surface area (Å²) in [6.07, 6.45) is 0. The average molecular weight is 250 g/mol. The van der Waals surface area contributed by atoms with E-state index >= 15 is 0 Å². The van der Waals surface area contributed by atoms with Gasteiger partial charge in [0.05, 0.1) is 0 Å². The third-order valence-electron chi connectivity index (χ3n) is 2.37. The standard InChI is InChI=1S/C13H15N3.ClH/c1-9-6-4-5-7-12(9)16-13-8-10(2)14-11(3)15-13;/h4-8H,1-3H3,(H,14,15,16);1H. The summed E-state index contributed by atoms with van der Waals surface area (Å²) in [7, 11) is 0. The fourth-order valence-corrected chi connectivity index (χ4v) is 1.63. The molecule has 90 valence electrons. The summed E-state index contributed by atoms with van der Waals surface area (Å²) >= 11 is 0. The predicted molar refractivity (Wildman–Crippen MR) is 73.2 cm³/mol. The Hall–Kier alpha value is -1.61. The number of anilines is 2. The van der Waals surface area contributed by atoms with E-state index in [0.717, 1.165) is 23.0 Å². The minimum absolute atomic E-state index is 0. The van der Waals surface area contributed by atoms with Gasteiger partial charge in [-0.25, -0.2) is 9.97 Å². The van der Waals surface area contributed by atoms with Crippen LogP contribution in [0.5, 0.6) is 0 Å². The number of para-hydroxylation sites is 1. The van der Waals surface area contributed by atoms with Crippen molar-refractivity contribution in [2.24, 2.45) is 0 Å². The normalized spacial score (nSPS) is 9.59. The summed E-state index contributed by atoms with van der Waals surface area (Å²) in [4.78, 5) is 8.60. The minimum Gasteiger partial charge on any atom is -0.340 e. The van der Waals surface area contributed by atoms with Gasteiger partial charge in [-0.3, -0.25) is 0 Å². The molecule has 4 heteroatoms. The van der Waals surface area contributed by atoms with E-state index in [1.165, 1.54) is 5.56 Å². The van der Waals surface area contributed by atoms with Gasteiger partial charge in [0, 0.05) is 17.4 Å². The lowest BCUT2D eigenvalue weighted by Gasteiger charge is -2.09. The lowest BCUT2D eigenvalue weighted by molar-refractivity contribution is 1.01. The van der Waals surface area contributed by atoms with Crippen molar-refractivity contribution in [2.75, 3.05) is 5.32 Å². The van der Waals surface area contributed by atoms with Crippen molar-refractivity contribution < 1.29 is 0 Å². The summed E-state index contributed by atoms with van der Waals surface area (Å²) < 4.78 is 0. The SMILES string of the molecule is Cc1cc(Nc2ccccc2C)nc(C)n1.Cl. The molecule has 17 heavy (non-hydrogen) atoms. The molecule has 0 spiro atoms. The number of aryl methyl sites for hydroxylation is 3. The second kappa shape index (κ2) is 5.64. The van der Waals surface area contributed by atoms with Gasteiger partial charge in [-0.2, -0.15) is 0 Å². The van der Waals surface area contributed by atoms with Crippen LogP contribution < -0.4 is 5.32 Å². The first-order valence-electron chi connectivity index (χ1n) is 5.30. The topological polar surface area (TPSA) is 37.8 Å². The molecule has 0 fully saturated rings. The molecule has 0 radical (unpaired) electrons. The third kappa shape index (κ3) is 3.43. The predicted octanol–water partition coefficient (Wildman–Crippen LogP) is 3.57. The zero-order valence-corrected chi connectivity index (χ0v) is 11.0.